The molecule has 1 unspecified atom stereocenters. The summed E-state index contributed by atoms with van der Waals surface area (Å²) >= 11 is 3.22. The van der Waals surface area contributed by atoms with Crippen molar-refractivity contribution in [3.8, 4) is 0 Å². The van der Waals surface area contributed by atoms with E-state index < -0.39 is 53.7 Å². The minimum absolute atomic E-state index is 0.0819. The molecule has 1 N–H and O–H groups in total. The molecule has 0 aromatic heterocycles. The highest BCUT2D eigenvalue weighted by Crippen LogP contribution is 2.47. The first kappa shape index (κ1) is 32.6. The van der Waals surface area contributed by atoms with E-state index >= 15 is 0 Å². The minimum Gasteiger partial charge on any atom is -0.390 e. The molecule has 1 spiro atoms. The molecule has 13 heteroatoms. The van der Waals surface area contributed by atoms with E-state index in [9.17, 15) is 35.8 Å². The Morgan fingerprint density at radius 1 is 1.00 bits per heavy atom. The lowest BCUT2D eigenvalue weighted by Crippen LogP contribution is -2.55. The Bertz CT molecular complexity index is 1250. The van der Waals surface area contributed by atoms with Gasteiger partial charge in [-0.3, -0.25) is 4.90 Å². The van der Waals surface area contributed by atoms with Crippen molar-refractivity contribution in [2.75, 3.05) is 26.3 Å². The largest absolute Gasteiger partial charge is 0.416 e. The van der Waals surface area contributed by atoms with Gasteiger partial charge in [-0.2, -0.15) is 26.3 Å². The van der Waals surface area contributed by atoms with Crippen LogP contribution in [-0.4, -0.2) is 60.8 Å². The van der Waals surface area contributed by atoms with Gasteiger partial charge in [0.2, 0.25) is 0 Å². The van der Waals surface area contributed by atoms with Crippen molar-refractivity contribution >= 4 is 15.9 Å². The number of hydrogen-bond donors (Lipinski definition) is 1. The standard InChI is InChI=1S/C30H33BrF7NO4/c1-16(19-11-20(29(33,34)35)14-21(12-19)30(36,37)38)43-27-26(18-3-4-23(32)22(31)13-18)24(5-10-41-27)39-8-6-28(7-9-39)17(2)42-15-25(28)40/h3-4,11-14,16-17,24-27,40H,5-10,15H2,1-2H3/t16-,17?,24-,25+,26-,27-/m1/s1. The molecule has 0 bridgehead atoms. The van der Waals surface area contributed by atoms with E-state index in [1.807, 2.05) is 6.92 Å². The van der Waals surface area contributed by atoms with Crippen LogP contribution in [0, 0.1) is 11.2 Å². The Morgan fingerprint density at radius 3 is 2.16 bits per heavy atom. The summed E-state index contributed by atoms with van der Waals surface area (Å²) in [5.41, 5.74) is -2.86. The van der Waals surface area contributed by atoms with E-state index in [0.717, 1.165) is 0 Å². The molecule has 0 saturated carbocycles. The van der Waals surface area contributed by atoms with E-state index in [-0.39, 0.29) is 46.9 Å². The monoisotopic (exact) mass is 683 g/mol. The first-order valence-electron chi connectivity index (χ1n) is 14.2. The average Bonchev–Trinajstić information content (AvgIpc) is 3.21. The fraction of sp³-hybridized carbons (Fsp3) is 0.600. The maximum atomic E-state index is 14.2. The average molecular weight is 684 g/mol. The SMILES string of the molecule is CC1OC[C@H](O)C12CCN([C@@H]1CCO[C@H](O[C@H](C)c3cc(C(F)(F)F)cc(C(F)(F)F)c3)[C@@H]1c1ccc(F)c(Br)c1)CC2. The summed E-state index contributed by atoms with van der Waals surface area (Å²) in [5.74, 6) is -1.03. The Kier molecular flexibility index (Phi) is 9.26. The summed E-state index contributed by atoms with van der Waals surface area (Å²) in [6, 6.07) is 5.67. The lowest BCUT2D eigenvalue weighted by Gasteiger charge is -2.49. The third-order valence-electron chi connectivity index (χ3n) is 9.33. The number of alkyl halides is 6. The maximum Gasteiger partial charge on any atom is 0.416 e. The van der Waals surface area contributed by atoms with Gasteiger partial charge in [0.1, 0.15) is 5.82 Å². The van der Waals surface area contributed by atoms with E-state index in [1.165, 1.54) is 13.0 Å². The van der Waals surface area contributed by atoms with Crippen molar-refractivity contribution in [1.82, 2.24) is 4.90 Å². The maximum absolute atomic E-state index is 14.2. The third kappa shape index (κ3) is 6.62. The molecule has 2 aromatic rings. The van der Waals surface area contributed by atoms with Crippen molar-refractivity contribution in [2.24, 2.45) is 5.41 Å². The van der Waals surface area contributed by atoms with Crippen LogP contribution >= 0.6 is 15.9 Å². The predicted molar refractivity (Wildman–Crippen MR) is 146 cm³/mol. The number of nitrogens with zero attached hydrogens (tertiary/aromatic N) is 1. The van der Waals surface area contributed by atoms with Gasteiger partial charge in [0.15, 0.2) is 6.29 Å². The zero-order chi connectivity index (χ0) is 31.3. The van der Waals surface area contributed by atoms with Crippen molar-refractivity contribution in [3.05, 3.63) is 68.9 Å². The molecule has 5 rings (SSSR count). The molecule has 0 aliphatic carbocycles. The second-order valence-corrected chi connectivity index (χ2v) is 12.5. The lowest BCUT2D eigenvalue weighted by molar-refractivity contribution is -0.213. The van der Waals surface area contributed by atoms with Crippen LogP contribution < -0.4 is 0 Å². The van der Waals surface area contributed by atoms with Crippen LogP contribution in [0.3, 0.4) is 0 Å². The Morgan fingerprint density at radius 2 is 1.63 bits per heavy atom. The smallest absolute Gasteiger partial charge is 0.390 e. The number of aliphatic hydroxyl groups excluding tert-OH is 1. The van der Waals surface area contributed by atoms with Crippen LogP contribution in [0.25, 0.3) is 0 Å². The molecular formula is C30H33BrF7NO4. The van der Waals surface area contributed by atoms with E-state index in [1.54, 1.807) is 12.1 Å². The zero-order valence-corrected chi connectivity index (χ0v) is 25.1. The van der Waals surface area contributed by atoms with Crippen molar-refractivity contribution in [1.29, 1.82) is 0 Å². The molecule has 5 nitrogen and oxygen atoms in total. The van der Waals surface area contributed by atoms with Crippen molar-refractivity contribution in [2.45, 2.75) is 82.0 Å². The quantitative estimate of drug-likeness (QED) is 0.332. The molecule has 3 saturated heterocycles. The highest BCUT2D eigenvalue weighted by atomic mass is 79.9. The molecule has 238 valence electrons. The van der Waals surface area contributed by atoms with Crippen LogP contribution in [0.2, 0.25) is 0 Å². The molecule has 43 heavy (non-hydrogen) atoms. The van der Waals surface area contributed by atoms with Gasteiger partial charge in [-0.05, 0) is 104 Å². The van der Waals surface area contributed by atoms with Gasteiger partial charge in [0.25, 0.3) is 0 Å². The molecule has 3 fully saturated rings. The Hall–Kier alpha value is -1.77. The third-order valence-corrected chi connectivity index (χ3v) is 9.93. The summed E-state index contributed by atoms with van der Waals surface area (Å²) < 4.78 is 113. The van der Waals surface area contributed by atoms with Crippen LogP contribution in [-0.2, 0) is 26.6 Å². The highest BCUT2D eigenvalue weighted by Gasteiger charge is 2.52. The molecule has 3 aliphatic rings. The summed E-state index contributed by atoms with van der Waals surface area (Å²) in [4.78, 5) is 2.25. The van der Waals surface area contributed by atoms with Gasteiger partial charge in [0.05, 0.1) is 53.0 Å². The molecule has 3 heterocycles. The summed E-state index contributed by atoms with van der Waals surface area (Å²) in [6.07, 6.45) is -11.0. The number of benzene rings is 2. The summed E-state index contributed by atoms with van der Waals surface area (Å²) in [5, 5.41) is 10.7. The van der Waals surface area contributed by atoms with Gasteiger partial charge in [-0.15, -0.1) is 0 Å². The van der Waals surface area contributed by atoms with Gasteiger partial charge in [0, 0.05) is 11.5 Å². The number of rotatable bonds is 5. The van der Waals surface area contributed by atoms with Crippen LogP contribution in [0.1, 0.15) is 67.4 Å². The fourth-order valence-corrected chi connectivity index (χ4v) is 7.14. The highest BCUT2D eigenvalue weighted by molar-refractivity contribution is 9.10. The van der Waals surface area contributed by atoms with Crippen LogP contribution in [0.5, 0.6) is 0 Å². The molecule has 0 radical (unpaired) electrons. The van der Waals surface area contributed by atoms with Crippen LogP contribution in [0.15, 0.2) is 40.9 Å². The van der Waals surface area contributed by atoms with Crippen molar-refractivity contribution in [3.63, 3.8) is 0 Å². The molecule has 2 aromatic carbocycles. The Balaban J connectivity index is 1.45. The molecular weight excluding hydrogens is 651 g/mol. The van der Waals surface area contributed by atoms with Gasteiger partial charge in [-0.1, -0.05) is 6.07 Å². The second-order valence-electron chi connectivity index (χ2n) is 11.7. The van der Waals surface area contributed by atoms with Gasteiger partial charge in [-0.25, -0.2) is 4.39 Å². The second kappa shape index (κ2) is 12.2. The zero-order valence-electron chi connectivity index (χ0n) is 23.5. The number of hydrogen-bond acceptors (Lipinski definition) is 5. The first-order valence-corrected chi connectivity index (χ1v) is 14.9. The number of ether oxygens (including phenoxy) is 3. The van der Waals surface area contributed by atoms with Crippen LogP contribution in [0.4, 0.5) is 30.7 Å². The van der Waals surface area contributed by atoms with E-state index in [0.29, 0.717) is 50.0 Å². The van der Waals surface area contributed by atoms with Gasteiger partial charge >= 0.3 is 12.4 Å². The summed E-state index contributed by atoms with van der Waals surface area (Å²) in [6.45, 7) is 5.11. The predicted octanol–water partition coefficient (Wildman–Crippen LogP) is 7.46. The molecule has 0 amide bonds. The van der Waals surface area contributed by atoms with E-state index in [2.05, 4.69) is 20.8 Å². The topological polar surface area (TPSA) is 51.2 Å². The fourth-order valence-electron chi connectivity index (χ4n) is 6.75. The number of likely N-dealkylation sites (tertiary alicyclic amines) is 1. The normalized spacial score (nSPS) is 29.2. The van der Waals surface area contributed by atoms with E-state index in [4.69, 9.17) is 14.2 Å². The number of aliphatic hydroxyl groups is 1. The van der Waals surface area contributed by atoms with Crippen molar-refractivity contribution < 1.29 is 50.1 Å². The summed E-state index contributed by atoms with van der Waals surface area (Å²) in [7, 11) is 0. The molecule has 3 aliphatic heterocycles. The van der Waals surface area contributed by atoms with Gasteiger partial charge < -0.3 is 19.3 Å². The lowest BCUT2D eigenvalue weighted by atomic mass is 9.71. The number of halogens is 8. The first-order chi connectivity index (χ1) is 20.1. The minimum atomic E-state index is -4.99. The molecule has 6 atom stereocenters. The Labute approximate surface area is 253 Å². The number of piperidine rings is 1.